The number of nitrogens with one attached hydrogen (secondary N) is 2. The first-order valence-electron chi connectivity index (χ1n) is 8.40. The van der Waals surface area contributed by atoms with Gasteiger partial charge in [0.25, 0.3) is 5.91 Å². The lowest BCUT2D eigenvalue weighted by atomic mass is 10.1. The molecule has 28 heavy (non-hydrogen) atoms. The Bertz CT molecular complexity index is 1020. The van der Waals surface area contributed by atoms with Gasteiger partial charge in [-0.1, -0.05) is 11.6 Å². The standard InChI is InChI=1S/C20H20ClN3O4/c1-11-7-16(19(28-4)9-14(11)21)22-20(25)17-10-15(23-24-17)13-6-5-12(26-2)8-18(13)27-3/h5-10H,1-4H3,(H,22,25)(H,23,24). The summed E-state index contributed by atoms with van der Waals surface area (Å²) in [5.41, 5.74) is 2.95. The first-order chi connectivity index (χ1) is 13.5. The number of aryl methyl sites for hydroxylation is 1. The third-order valence-corrected chi connectivity index (χ3v) is 4.64. The van der Waals surface area contributed by atoms with Gasteiger partial charge in [0.1, 0.15) is 22.9 Å². The molecule has 1 amide bonds. The maximum Gasteiger partial charge on any atom is 0.273 e. The molecule has 146 valence electrons. The number of benzene rings is 2. The van der Waals surface area contributed by atoms with Gasteiger partial charge < -0.3 is 19.5 Å². The largest absolute Gasteiger partial charge is 0.497 e. The van der Waals surface area contributed by atoms with E-state index in [0.717, 1.165) is 11.1 Å². The first-order valence-corrected chi connectivity index (χ1v) is 8.78. The maximum absolute atomic E-state index is 12.7. The minimum absolute atomic E-state index is 0.294. The number of carbonyl (C=O) groups is 1. The monoisotopic (exact) mass is 401 g/mol. The molecule has 0 aliphatic carbocycles. The van der Waals surface area contributed by atoms with Crippen molar-refractivity contribution in [3.63, 3.8) is 0 Å². The SMILES string of the molecule is COc1ccc(-c2cc(C(=O)Nc3cc(C)c(Cl)cc3OC)[nH]n2)c(OC)c1. The summed E-state index contributed by atoms with van der Waals surface area (Å²) in [6, 6.07) is 10.4. The summed E-state index contributed by atoms with van der Waals surface area (Å²) in [4.78, 5) is 12.7. The fraction of sp³-hybridized carbons (Fsp3) is 0.200. The van der Waals surface area contributed by atoms with E-state index in [0.29, 0.717) is 39.3 Å². The van der Waals surface area contributed by atoms with Crippen LogP contribution in [0.25, 0.3) is 11.3 Å². The van der Waals surface area contributed by atoms with E-state index in [9.17, 15) is 4.79 Å². The van der Waals surface area contributed by atoms with Gasteiger partial charge in [0, 0.05) is 22.7 Å². The number of anilines is 1. The van der Waals surface area contributed by atoms with Crippen molar-refractivity contribution in [1.29, 1.82) is 0 Å². The van der Waals surface area contributed by atoms with Crippen LogP contribution in [0.2, 0.25) is 5.02 Å². The van der Waals surface area contributed by atoms with E-state index in [1.807, 2.05) is 13.0 Å². The Hall–Kier alpha value is -3.19. The third-order valence-electron chi connectivity index (χ3n) is 4.24. The Labute approximate surface area is 167 Å². The maximum atomic E-state index is 12.7. The van der Waals surface area contributed by atoms with Crippen LogP contribution in [0.3, 0.4) is 0 Å². The molecule has 0 atom stereocenters. The molecule has 0 spiro atoms. The molecule has 0 fully saturated rings. The Kier molecular flexibility index (Phi) is 5.75. The van der Waals surface area contributed by atoms with Crippen LogP contribution in [0.5, 0.6) is 17.2 Å². The van der Waals surface area contributed by atoms with Gasteiger partial charge in [-0.15, -0.1) is 0 Å². The van der Waals surface area contributed by atoms with Crippen molar-refractivity contribution in [2.24, 2.45) is 0 Å². The van der Waals surface area contributed by atoms with E-state index < -0.39 is 0 Å². The van der Waals surface area contributed by atoms with Crippen LogP contribution in [0.15, 0.2) is 36.4 Å². The minimum Gasteiger partial charge on any atom is -0.497 e. The number of H-pyrrole nitrogens is 1. The molecule has 0 aliphatic heterocycles. The van der Waals surface area contributed by atoms with Gasteiger partial charge in [-0.2, -0.15) is 5.10 Å². The molecule has 1 aromatic heterocycles. The fourth-order valence-electron chi connectivity index (χ4n) is 2.71. The van der Waals surface area contributed by atoms with Crippen LogP contribution in [0.4, 0.5) is 5.69 Å². The lowest BCUT2D eigenvalue weighted by Gasteiger charge is -2.11. The molecule has 1 heterocycles. The Balaban J connectivity index is 1.87. The number of rotatable bonds is 6. The number of methoxy groups -OCH3 is 3. The number of aromatic amines is 1. The van der Waals surface area contributed by atoms with E-state index in [2.05, 4.69) is 15.5 Å². The van der Waals surface area contributed by atoms with Crippen molar-refractivity contribution < 1.29 is 19.0 Å². The number of carbonyl (C=O) groups excluding carboxylic acids is 1. The lowest BCUT2D eigenvalue weighted by Crippen LogP contribution is -2.13. The van der Waals surface area contributed by atoms with Crippen molar-refractivity contribution in [3.05, 3.63) is 52.7 Å². The average Bonchev–Trinajstić information content (AvgIpc) is 3.20. The molecule has 3 rings (SSSR count). The van der Waals surface area contributed by atoms with Crippen LogP contribution < -0.4 is 19.5 Å². The highest BCUT2D eigenvalue weighted by molar-refractivity contribution is 6.31. The molecule has 3 aromatic rings. The number of ether oxygens (including phenoxy) is 3. The predicted molar refractivity (Wildman–Crippen MR) is 108 cm³/mol. The van der Waals surface area contributed by atoms with Crippen molar-refractivity contribution in [1.82, 2.24) is 10.2 Å². The smallest absolute Gasteiger partial charge is 0.273 e. The van der Waals surface area contributed by atoms with Gasteiger partial charge in [0.2, 0.25) is 0 Å². The zero-order valence-electron chi connectivity index (χ0n) is 15.9. The quantitative estimate of drug-likeness (QED) is 0.642. The van der Waals surface area contributed by atoms with Gasteiger partial charge in [-0.25, -0.2) is 0 Å². The summed E-state index contributed by atoms with van der Waals surface area (Å²) in [6.45, 7) is 1.85. The number of hydrogen-bond acceptors (Lipinski definition) is 5. The Morgan fingerprint density at radius 3 is 2.46 bits per heavy atom. The second-order valence-corrected chi connectivity index (χ2v) is 6.40. The summed E-state index contributed by atoms with van der Waals surface area (Å²) >= 11 is 6.11. The highest BCUT2D eigenvalue weighted by atomic mass is 35.5. The Morgan fingerprint density at radius 1 is 1.04 bits per heavy atom. The normalized spacial score (nSPS) is 10.5. The summed E-state index contributed by atoms with van der Waals surface area (Å²) < 4.78 is 15.9. The molecule has 0 unspecified atom stereocenters. The van der Waals surface area contributed by atoms with E-state index >= 15 is 0 Å². The molecule has 2 N–H and O–H groups in total. The molecule has 0 saturated carbocycles. The minimum atomic E-state index is -0.355. The molecule has 0 bridgehead atoms. The van der Waals surface area contributed by atoms with Crippen molar-refractivity contribution in [2.45, 2.75) is 6.92 Å². The van der Waals surface area contributed by atoms with Crippen molar-refractivity contribution in [2.75, 3.05) is 26.6 Å². The summed E-state index contributed by atoms with van der Waals surface area (Å²) in [5, 5.41) is 10.4. The van der Waals surface area contributed by atoms with Gasteiger partial charge in [0.15, 0.2) is 0 Å². The molecule has 2 aromatic carbocycles. The third kappa shape index (κ3) is 3.89. The van der Waals surface area contributed by atoms with Crippen molar-refractivity contribution >= 4 is 23.2 Å². The molecule has 0 radical (unpaired) electrons. The zero-order chi connectivity index (χ0) is 20.3. The topological polar surface area (TPSA) is 85.5 Å². The number of hydrogen-bond donors (Lipinski definition) is 2. The number of aromatic nitrogens is 2. The second-order valence-electron chi connectivity index (χ2n) is 5.99. The van der Waals surface area contributed by atoms with Crippen LogP contribution >= 0.6 is 11.6 Å². The highest BCUT2D eigenvalue weighted by Crippen LogP contribution is 2.33. The van der Waals surface area contributed by atoms with Crippen LogP contribution in [-0.4, -0.2) is 37.4 Å². The predicted octanol–water partition coefficient (Wildman–Crippen LogP) is 4.32. The Morgan fingerprint density at radius 2 is 1.79 bits per heavy atom. The van der Waals surface area contributed by atoms with E-state index in [4.69, 9.17) is 25.8 Å². The van der Waals surface area contributed by atoms with Gasteiger partial charge in [-0.05, 0) is 36.8 Å². The lowest BCUT2D eigenvalue weighted by molar-refractivity contribution is 0.102. The molecular weight excluding hydrogens is 382 g/mol. The van der Waals surface area contributed by atoms with Crippen LogP contribution in [0.1, 0.15) is 16.1 Å². The molecular formula is C20H20ClN3O4. The van der Waals surface area contributed by atoms with Gasteiger partial charge in [-0.3, -0.25) is 9.89 Å². The molecule has 0 aliphatic rings. The van der Waals surface area contributed by atoms with E-state index in [1.54, 1.807) is 44.6 Å². The van der Waals surface area contributed by atoms with E-state index in [-0.39, 0.29) is 5.91 Å². The zero-order valence-corrected chi connectivity index (χ0v) is 16.7. The van der Waals surface area contributed by atoms with E-state index in [1.165, 1.54) is 7.11 Å². The molecule has 7 nitrogen and oxygen atoms in total. The fourth-order valence-corrected chi connectivity index (χ4v) is 2.86. The number of nitrogens with zero attached hydrogens (tertiary/aromatic N) is 1. The average molecular weight is 402 g/mol. The summed E-state index contributed by atoms with van der Waals surface area (Å²) in [5.74, 6) is 1.37. The molecule has 0 saturated heterocycles. The summed E-state index contributed by atoms with van der Waals surface area (Å²) in [6.07, 6.45) is 0. The highest BCUT2D eigenvalue weighted by Gasteiger charge is 2.17. The first kappa shape index (κ1) is 19.6. The van der Waals surface area contributed by atoms with Crippen LogP contribution in [0, 0.1) is 6.92 Å². The number of halogens is 1. The molecule has 8 heteroatoms. The summed E-state index contributed by atoms with van der Waals surface area (Å²) in [7, 11) is 4.66. The van der Waals surface area contributed by atoms with Gasteiger partial charge in [0.05, 0.1) is 32.7 Å². The number of amides is 1. The second kappa shape index (κ2) is 8.22. The van der Waals surface area contributed by atoms with Gasteiger partial charge >= 0.3 is 0 Å². The van der Waals surface area contributed by atoms with Crippen molar-refractivity contribution in [3.8, 4) is 28.5 Å². The van der Waals surface area contributed by atoms with Crippen LogP contribution in [-0.2, 0) is 0 Å².